The van der Waals surface area contributed by atoms with Crippen molar-refractivity contribution >= 4 is 29.6 Å². The van der Waals surface area contributed by atoms with Crippen LogP contribution in [0.3, 0.4) is 0 Å². The quantitative estimate of drug-likeness (QED) is 0.434. The third-order valence-electron chi connectivity index (χ3n) is 7.78. The van der Waals surface area contributed by atoms with Gasteiger partial charge in [-0.1, -0.05) is 12.8 Å². The van der Waals surface area contributed by atoms with Gasteiger partial charge in [-0.15, -0.1) is 11.8 Å². The van der Waals surface area contributed by atoms with Crippen molar-refractivity contribution in [1.82, 2.24) is 25.4 Å². The Hall–Kier alpha value is -2.29. The Kier molecular flexibility index (Phi) is 8.01. The summed E-state index contributed by atoms with van der Waals surface area (Å²) in [4.78, 5) is 45.5. The van der Waals surface area contributed by atoms with Gasteiger partial charge in [-0.05, 0) is 62.8 Å². The minimum atomic E-state index is -0.0763. The van der Waals surface area contributed by atoms with E-state index in [9.17, 15) is 14.4 Å². The van der Waals surface area contributed by atoms with Crippen LogP contribution in [-0.2, 0) is 4.79 Å². The highest BCUT2D eigenvalue weighted by atomic mass is 32.2. The Morgan fingerprint density at radius 3 is 2.53 bits per heavy atom. The van der Waals surface area contributed by atoms with Crippen LogP contribution < -0.4 is 10.6 Å². The monoisotopic (exact) mass is 487 g/mol. The molecule has 0 aromatic carbocycles. The molecule has 1 aromatic rings. The number of likely N-dealkylation sites (tertiary alicyclic amines) is 2. The molecule has 0 bridgehead atoms. The first-order valence-electron chi connectivity index (χ1n) is 12.5. The highest BCUT2D eigenvalue weighted by Crippen LogP contribution is 2.41. The van der Waals surface area contributed by atoms with Crippen molar-refractivity contribution in [2.75, 3.05) is 32.4 Å². The van der Waals surface area contributed by atoms with Gasteiger partial charge in [0.25, 0.3) is 5.91 Å². The number of hydrogen-bond acceptors (Lipinski definition) is 5. The number of nitrogens with zero attached hydrogens (tertiary/aromatic N) is 3. The molecule has 8 nitrogen and oxygen atoms in total. The molecule has 3 fully saturated rings. The third kappa shape index (κ3) is 5.67. The molecule has 186 valence electrons. The Balaban J connectivity index is 1.17. The largest absolute Gasteiger partial charge is 0.342 e. The second-order valence-corrected chi connectivity index (χ2v) is 10.8. The van der Waals surface area contributed by atoms with Gasteiger partial charge < -0.3 is 20.4 Å². The number of carbonyl (C=O) groups is 3. The van der Waals surface area contributed by atoms with Gasteiger partial charge >= 0.3 is 6.03 Å². The van der Waals surface area contributed by atoms with E-state index in [0.717, 1.165) is 76.2 Å². The number of piperidine rings is 1. The summed E-state index contributed by atoms with van der Waals surface area (Å²) in [6, 6.07) is 3.98. The highest BCUT2D eigenvalue weighted by molar-refractivity contribution is 7.98. The number of urea groups is 1. The van der Waals surface area contributed by atoms with E-state index in [-0.39, 0.29) is 35.3 Å². The standard InChI is InChI=1S/C25H37N5O3S/c1-18-20(28-24(33)27-18)8-4-3-5-9-21(31)30-16-12-25(17-30)10-14-29(15-11-25)23(32)19-7-6-13-26-22(19)34-2/h6-7,13,18,20H,3-5,8-12,14-17H2,1-2H3,(H2,27,28,33). The van der Waals surface area contributed by atoms with Gasteiger partial charge in [0.2, 0.25) is 5.91 Å². The molecule has 2 atom stereocenters. The summed E-state index contributed by atoms with van der Waals surface area (Å²) in [6.07, 6.45) is 11.1. The predicted molar refractivity (Wildman–Crippen MR) is 133 cm³/mol. The SMILES string of the molecule is CSc1ncccc1C(=O)N1CCC2(CCN(C(=O)CCCCCC3NC(=O)NC3C)C2)CC1. The third-order valence-corrected chi connectivity index (χ3v) is 8.49. The number of unbranched alkanes of at least 4 members (excludes halogenated alkanes) is 2. The summed E-state index contributed by atoms with van der Waals surface area (Å²) in [5.41, 5.74) is 0.850. The second kappa shape index (κ2) is 11.0. The zero-order valence-electron chi connectivity index (χ0n) is 20.3. The summed E-state index contributed by atoms with van der Waals surface area (Å²) in [5, 5.41) is 6.61. The molecule has 4 amide bonds. The van der Waals surface area contributed by atoms with Crippen molar-refractivity contribution in [1.29, 1.82) is 0 Å². The Labute approximate surface area is 206 Å². The van der Waals surface area contributed by atoms with Crippen molar-refractivity contribution in [3.05, 3.63) is 23.9 Å². The number of thioether (sulfide) groups is 1. The van der Waals surface area contributed by atoms with E-state index in [1.165, 1.54) is 11.8 Å². The Morgan fingerprint density at radius 1 is 1.12 bits per heavy atom. The van der Waals surface area contributed by atoms with E-state index in [1.54, 1.807) is 6.20 Å². The molecule has 3 aliphatic rings. The number of pyridine rings is 1. The molecule has 1 aromatic heterocycles. The van der Waals surface area contributed by atoms with Crippen LogP contribution in [0, 0.1) is 5.41 Å². The fourth-order valence-electron chi connectivity index (χ4n) is 5.57. The second-order valence-electron chi connectivity index (χ2n) is 10.0. The molecule has 3 saturated heterocycles. The summed E-state index contributed by atoms with van der Waals surface area (Å²) in [6.45, 7) is 5.18. The molecule has 0 radical (unpaired) electrons. The average Bonchev–Trinajstić information content (AvgIpc) is 3.41. The minimum Gasteiger partial charge on any atom is -0.342 e. The van der Waals surface area contributed by atoms with Crippen LogP contribution in [0.4, 0.5) is 4.79 Å². The normalized spacial score (nSPS) is 23.8. The molecule has 3 aliphatic heterocycles. The first-order chi connectivity index (χ1) is 16.4. The van der Waals surface area contributed by atoms with E-state index in [0.29, 0.717) is 12.0 Å². The lowest BCUT2D eigenvalue weighted by molar-refractivity contribution is -0.130. The van der Waals surface area contributed by atoms with Crippen LogP contribution in [-0.4, -0.2) is 77.1 Å². The molecule has 2 unspecified atom stereocenters. The van der Waals surface area contributed by atoms with E-state index < -0.39 is 0 Å². The van der Waals surface area contributed by atoms with Gasteiger partial charge in [-0.2, -0.15) is 0 Å². The number of rotatable bonds is 8. The minimum absolute atomic E-state index is 0.0700. The van der Waals surface area contributed by atoms with E-state index in [2.05, 4.69) is 15.6 Å². The molecule has 4 rings (SSSR count). The highest BCUT2D eigenvalue weighted by Gasteiger charge is 2.42. The van der Waals surface area contributed by atoms with E-state index >= 15 is 0 Å². The summed E-state index contributed by atoms with van der Waals surface area (Å²) in [7, 11) is 0. The Morgan fingerprint density at radius 2 is 1.85 bits per heavy atom. The molecule has 34 heavy (non-hydrogen) atoms. The van der Waals surface area contributed by atoms with Crippen LogP contribution in [0.15, 0.2) is 23.4 Å². The van der Waals surface area contributed by atoms with Crippen molar-refractivity contribution in [2.45, 2.75) is 75.4 Å². The van der Waals surface area contributed by atoms with Gasteiger partial charge in [0, 0.05) is 44.8 Å². The zero-order valence-corrected chi connectivity index (χ0v) is 21.2. The lowest BCUT2D eigenvalue weighted by atomic mass is 9.77. The topological polar surface area (TPSA) is 94.6 Å². The maximum atomic E-state index is 13.0. The zero-order chi connectivity index (χ0) is 24.1. The summed E-state index contributed by atoms with van der Waals surface area (Å²) in [5.74, 6) is 0.333. The predicted octanol–water partition coefficient (Wildman–Crippen LogP) is 3.28. The number of aromatic nitrogens is 1. The summed E-state index contributed by atoms with van der Waals surface area (Å²) >= 11 is 1.50. The van der Waals surface area contributed by atoms with Gasteiger partial charge in [0.05, 0.1) is 11.6 Å². The molecule has 4 heterocycles. The number of nitrogens with one attached hydrogen (secondary N) is 2. The van der Waals surface area contributed by atoms with Crippen molar-refractivity contribution in [3.63, 3.8) is 0 Å². The molecule has 9 heteroatoms. The number of carbonyl (C=O) groups excluding carboxylic acids is 3. The van der Waals surface area contributed by atoms with Crippen LogP contribution in [0.5, 0.6) is 0 Å². The lowest BCUT2D eigenvalue weighted by Crippen LogP contribution is -2.44. The summed E-state index contributed by atoms with van der Waals surface area (Å²) < 4.78 is 0. The fourth-order valence-corrected chi connectivity index (χ4v) is 6.11. The average molecular weight is 488 g/mol. The van der Waals surface area contributed by atoms with Crippen molar-refractivity contribution in [3.8, 4) is 0 Å². The smallest absolute Gasteiger partial charge is 0.315 e. The molecular formula is C25H37N5O3S. The van der Waals surface area contributed by atoms with Crippen LogP contribution in [0.1, 0.15) is 68.6 Å². The van der Waals surface area contributed by atoms with E-state index in [4.69, 9.17) is 0 Å². The Bertz CT molecular complexity index is 902. The van der Waals surface area contributed by atoms with Crippen molar-refractivity contribution in [2.24, 2.45) is 5.41 Å². The fraction of sp³-hybridized carbons (Fsp3) is 0.680. The first kappa shape index (κ1) is 24.8. The first-order valence-corrected chi connectivity index (χ1v) is 13.8. The maximum Gasteiger partial charge on any atom is 0.315 e. The van der Waals surface area contributed by atoms with Crippen LogP contribution in [0.2, 0.25) is 0 Å². The maximum absolute atomic E-state index is 13.0. The van der Waals surface area contributed by atoms with Crippen LogP contribution in [0.25, 0.3) is 0 Å². The molecule has 0 aliphatic carbocycles. The van der Waals surface area contributed by atoms with Gasteiger partial charge in [0.1, 0.15) is 5.03 Å². The molecule has 2 N–H and O–H groups in total. The lowest BCUT2D eigenvalue weighted by Gasteiger charge is -2.39. The van der Waals surface area contributed by atoms with Gasteiger partial charge in [-0.25, -0.2) is 9.78 Å². The van der Waals surface area contributed by atoms with Crippen LogP contribution >= 0.6 is 11.8 Å². The van der Waals surface area contributed by atoms with Gasteiger partial charge in [-0.3, -0.25) is 9.59 Å². The van der Waals surface area contributed by atoms with Gasteiger partial charge in [0.15, 0.2) is 0 Å². The molecule has 0 saturated carbocycles. The molecule has 1 spiro atoms. The molecular weight excluding hydrogens is 450 g/mol. The number of hydrogen-bond donors (Lipinski definition) is 2. The number of amides is 4. The van der Waals surface area contributed by atoms with E-state index in [1.807, 2.05) is 35.1 Å². The van der Waals surface area contributed by atoms with Crippen molar-refractivity contribution < 1.29 is 14.4 Å².